The third-order valence-corrected chi connectivity index (χ3v) is 2.20. The molecular weight excluding hydrogens is 205 g/mol. The number of nitrogens with two attached hydrogens (primary N) is 1. The largest absolute Gasteiger partial charge is 0.380 e. The van der Waals surface area contributed by atoms with Gasteiger partial charge in [0.05, 0.1) is 12.6 Å². The van der Waals surface area contributed by atoms with Crippen molar-refractivity contribution in [3.05, 3.63) is 34.6 Å². The molecule has 0 aromatic heterocycles. The van der Waals surface area contributed by atoms with Gasteiger partial charge in [0.2, 0.25) is 0 Å². The lowest BCUT2D eigenvalue weighted by molar-refractivity contribution is 0.133. The maximum absolute atomic E-state index is 12.9. The fraction of sp³-hybridized carbons (Fsp3) is 0.400. The van der Waals surface area contributed by atoms with E-state index in [1.165, 1.54) is 18.2 Å². The molecule has 2 nitrogen and oxygen atoms in total. The van der Waals surface area contributed by atoms with E-state index in [1.54, 1.807) is 0 Å². The zero-order valence-corrected chi connectivity index (χ0v) is 8.72. The standard InChI is InChI=1S/C10H13ClFNO/c1-2-14-6-10(13)8-5-7(12)3-4-9(8)11/h3-5,10H,2,6,13H2,1H3. The van der Waals surface area contributed by atoms with Crippen LogP contribution in [0.1, 0.15) is 18.5 Å². The van der Waals surface area contributed by atoms with Crippen LogP contribution in [0.25, 0.3) is 0 Å². The smallest absolute Gasteiger partial charge is 0.123 e. The van der Waals surface area contributed by atoms with E-state index in [9.17, 15) is 4.39 Å². The Morgan fingerprint density at radius 2 is 2.29 bits per heavy atom. The molecule has 1 atom stereocenters. The number of halogens is 2. The van der Waals surface area contributed by atoms with Gasteiger partial charge in [-0.15, -0.1) is 0 Å². The van der Waals surface area contributed by atoms with E-state index >= 15 is 0 Å². The maximum atomic E-state index is 12.9. The van der Waals surface area contributed by atoms with Gasteiger partial charge in [-0.2, -0.15) is 0 Å². The normalized spacial score (nSPS) is 12.9. The molecule has 0 radical (unpaired) electrons. The zero-order valence-electron chi connectivity index (χ0n) is 7.97. The van der Waals surface area contributed by atoms with Crippen LogP contribution in [-0.2, 0) is 4.74 Å². The molecule has 1 aromatic rings. The summed E-state index contributed by atoms with van der Waals surface area (Å²) in [5.74, 6) is -0.337. The number of benzene rings is 1. The molecule has 78 valence electrons. The molecule has 0 saturated heterocycles. The third kappa shape index (κ3) is 2.94. The third-order valence-electron chi connectivity index (χ3n) is 1.86. The summed E-state index contributed by atoms with van der Waals surface area (Å²) in [4.78, 5) is 0. The molecule has 0 saturated carbocycles. The van der Waals surface area contributed by atoms with E-state index in [0.29, 0.717) is 23.8 Å². The fourth-order valence-electron chi connectivity index (χ4n) is 1.13. The Hall–Kier alpha value is -0.640. The van der Waals surface area contributed by atoms with E-state index in [1.807, 2.05) is 6.92 Å². The van der Waals surface area contributed by atoms with Crippen molar-refractivity contribution in [3.63, 3.8) is 0 Å². The second-order valence-electron chi connectivity index (χ2n) is 2.93. The predicted octanol–water partition coefficient (Wildman–Crippen LogP) is 2.52. The molecule has 0 bridgehead atoms. The number of ether oxygens (including phenoxy) is 1. The van der Waals surface area contributed by atoms with E-state index < -0.39 is 0 Å². The lowest BCUT2D eigenvalue weighted by Gasteiger charge is -2.13. The summed E-state index contributed by atoms with van der Waals surface area (Å²) in [5.41, 5.74) is 6.36. The Bertz CT molecular complexity index is 306. The average molecular weight is 218 g/mol. The Morgan fingerprint density at radius 3 is 2.93 bits per heavy atom. The van der Waals surface area contributed by atoms with Crippen molar-refractivity contribution < 1.29 is 9.13 Å². The van der Waals surface area contributed by atoms with Crippen LogP contribution < -0.4 is 5.73 Å². The van der Waals surface area contributed by atoms with Gasteiger partial charge in [0, 0.05) is 11.6 Å². The van der Waals surface area contributed by atoms with Crippen LogP contribution in [0.4, 0.5) is 4.39 Å². The second-order valence-corrected chi connectivity index (χ2v) is 3.34. The predicted molar refractivity (Wildman–Crippen MR) is 54.8 cm³/mol. The molecule has 0 spiro atoms. The van der Waals surface area contributed by atoms with Crippen molar-refractivity contribution in [3.8, 4) is 0 Å². The van der Waals surface area contributed by atoms with Crippen LogP contribution >= 0.6 is 11.6 Å². The van der Waals surface area contributed by atoms with Gasteiger partial charge in [-0.05, 0) is 30.7 Å². The molecule has 0 aliphatic heterocycles. The Balaban J connectivity index is 2.77. The number of hydrogen-bond donors (Lipinski definition) is 1. The minimum atomic E-state index is -0.377. The highest BCUT2D eigenvalue weighted by molar-refractivity contribution is 6.31. The summed E-state index contributed by atoms with van der Waals surface area (Å²) in [6.45, 7) is 2.81. The van der Waals surface area contributed by atoms with Crippen LogP contribution in [0.5, 0.6) is 0 Å². The average Bonchev–Trinajstić information content (AvgIpc) is 2.18. The molecule has 1 aromatic carbocycles. The van der Waals surface area contributed by atoms with Crippen molar-refractivity contribution in [1.82, 2.24) is 0 Å². The van der Waals surface area contributed by atoms with Crippen molar-refractivity contribution in [2.75, 3.05) is 13.2 Å². The van der Waals surface area contributed by atoms with Gasteiger partial charge in [-0.1, -0.05) is 11.6 Å². The van der Waals surface area contributed by atoms with Gasteiger partial charge in [-0.25, -0.2) is 4.39 Å². The molecule has 0 fully saturated rings. The fourth-order valence-corrected chi connectivity index (χ4v) is 1.39. The van der Waals surface area contributed by atoms with Crippen LogP contribution in [-0.4, -0.2) is 13.2 Å². The lowest BCUT2D eigenvalue weighted by atomic mass is 10.1. The Morgan fingerprint density at radius 1 is 1.57 bits per heavy atom. The summed E-state index contributed by atoms with van der Waals surface area (Å²) < 4.78 is 18.0. The van der Waals surface area contributed by atoms with Gasteiger partial charge in [0.1, 0.15) is 5.82 Å². The van der Waals surface area contributed by atoms with Gasteiger partial charge in [-0.3, -0.25) is 0 Å². The Kier molecular flexibility index (Phi) is 4.32. The van der Waals surface area contributed by atoms with Gasteiger partial charge < -0.3 is 10.5 Å². The van der Waals surface area contributed by atoms with E-state index in [2.05, 4.69) is 0 Å². The molecule has 2 N–H and O–H groups in total. The molecular formula is C10H13ClFNO. The quantitative estimate of drug-likeness (QED) is 0.841. The number of rotatable bonds is 4. The maximum Gasteiger partial charge on any atom is 0.123 e. The number of hydrogen-bond acceptors (Lipinski definition) is 2. The van der Waals surface area contributed by atoms with Crippen LogP contribution in [0, 0.1) is 5.82 Å². The van der Waals surface area contributed by atoms with Crippen molar-refractivity contribution in [2.45, 2.75) is 13.0 Å². The first-order valence-corrected chi connectivity index (χ1v) is 4.81. The van der Waals surface area contributed by atoms with Gasteiger partial charge >= 0.3 is 0 Å². The van der Waals surface area contributed by atoms with E-state index in [4.69, 9.17) is 22.1 Å². The van der Waals surface area contributed by atoms with E-state index in [0.717, 1.165) is 0 Å². The summed E-state index contributed by atoms with van der Waals surface area (Å²) in [6.07, 6.45) is 0. The molecule has 4 heteroatoms. The molecule has 1 rings (SSSR count). The topological polar surface area (TPSA) is 35.2 Å². The minimum absolute atomic E-state index is 0.337. The summed E-state index contributed by atoms with van der Waals surface area (Å²) in [6, 6.07) is 3.77. The first kappa shape index (κ1) is 11.4. The summed E-state index contributed by atoms with van der Waals surface area (Å²) in [5, 5.41) is 0.471. The van der Waals surface area contributed by atoms with Crippen LogP contribution in [0.3, 0.4) is 0 Å². The highest BCUT2D eigenvalue weighted by atomic mass is 35.5. The zero-order chi connectivity index (χ0) is 10.6. The van der Waals surface area contributed by atoms with Gasteiger partial charge in [0.15, 0.2) is 0 Å². The summed E-state index contributed by atoms with van der Waals surface area (Å²) >= 11 is 5.87. The van der Waals surface area contributed by atoms with Gasteiger partial charge in [0.25, 0.3) is 0 Å². The highest BCUT2D eigenvalue weighted by Gasteiger charge is 2.10. The van der Waals surface area contributed by atoms with E-state index in [-0.39, 0.29) is 11.9 Å². The molecule has 0 aliphatic rings. The first-order chi connectivity index (χ1) is 6.65. The van der Waals surface area contributed by atoms with Crippen molar-refractivity contribution >= 4 is 11.6 Å². The molecule has 0 amide bonds. The van der Waals surface area contributed by atoms with Crippen molar-refractivity contribution in [2.24, 2.45) is 5.73 Å². The van der Waals surface area contributed by atoms with Crippen LogP contribution in [0.15, 0.2) is 18.2 Å². The molecule has 0 aliphatic carbocycles. The Labute approximate surface area is 87.8 Å². The second kappa shape index (κ2) is 5.29. The molecule has 14 heavy (non-hydrogen) atoms. The SMILES string of the molecule is CCOCC(N)c1cc(F)ccc1Cl. The highest BCUT2D eigenvalue weighted by Crippen LogP contribution is 2.22. The van der Waals surface area contributed by atoms with Crippen molar-refractivity contribution in [1.29, 1.82) is 0 Å². The van der Waals surface area contributed by atoms with Crippen LogP contribution in [0.2, 0.25) is 5.02 Å². The molecule has 1 unspecified atom stereocenters. The monoisotopic (exact) mass is 217 g/mol. The summed E-state index contributed by atoms with van der Waals surface area (Å²) in [7, 11) is 0. The first-order valence-electron chi connectivity index (χ1n) is 4.43. The molecule has 0 heterocycles. The minimum Gasteiger partial charge on any atom is -0.380 e. The lowest BCUT2D eigenvalue weighted by Crippen LogP contribution is -2.17.